The van der Waals surface area contributed by atoms with Crippen molar-refractivity contribution in [3.8, 4) is 5.75 Å². The van der Waals surface area contributed by atoms with Crippen molar-refractivity contribution in [2.24, 2.45) is 0 Å². The lowest BCUT2D eigenvalue weighted by atomic mass is 9.82. The molecule has 0 bridgehead atoms. The van der Waals surface area contributed by atoms with Gasteiger partial charge in [0.15, 0.2) is 0 Å². The molecule has 1 nitrogen and oxygen atoms in total. The van der Waals surface area contributed by atoms with Gasteiger partial charge in [0, 0.05) is 11.0 Å². The SMILES string of the molecule is CC1=CC(C)(C)c2cc(F)ccc2O1. The van der Waals surface area contributed by atoms with Crippen LogP contribution in [0.25, 0.3) is 0 Å². The zero-order valence-corrected chi connectivity index (χ0v) is 8.60. The molecule has 2 heteroatoms. The molecule has 0 spiro atoms. The Hall–Kier alpha value is -1.31. The first kappa shape index (κ1) is 9.25. The Bertz CT molecular complexity index is 405. The lowest BCUT2D eigenvalue weighted by molar-refractivity contribution is 0.382. The Morgan fingerprint density at radius 3 is 2.71 bits per heavy atom. The highest BCUT2D eigenvalue weighted by molar-refractivity contribution is 5.45. The Kier molecular flexibility index (Phi) is 1.88. The van der Waals surface area contributed by atoms with E-state index >= 15 is 0 Å². The third-order valence-electron chi connectivity index (χ3n) is 2.47. The predicted octanol–water partition coefficient (Wildman–Crippen LogP) is 3.40. The minimum absolute atomic E-state index is 0.153. The standard InChI is InChI=1S/C12H13FO/c1-8-7-12(2,3)10-6-9(13)4-5-11(10)14-8/h4-7H,1-3H3. The third kappa shape index (κ3) is 1.41. The smallest absolute Gasteiger partial charge is 0.131 e. The normalized spacial score (nSPS) is 18.1. The average molecular weight is 192 g/mol. The van der Waals surface area contributed by atoms with Crippen LogP contribution in [0, 0.1) is 5.82 Å². The van der Waals surface area contributed by atoms with Crippen LogP contribution < -0.4 is 4.74 Å². The summed E-state index contributed by atoms with van der Waals surface area (Å²) < 4.78 is 18.6. The molecule has 14 heavy (non-hydrogen) atoms. The first-order valence-corrected chi connectivity index (χ1v) is 4.66. The summed E-state index contributed by atoms with van der Waals surface area (Å²) >= 11 is 0. The second kappa shape index (κ2) is 2.84. The van der Waals surface area contributed by atoms with Gasteiger partial charge in [-0.3, -0.25) is 0 Å². The highest BCUT2D eigenvalue weighted by atomic mass is 19.1. The Morgan fingerprint density at radius 2 is 2.00 bits per heavy atom. The Balaban J connectivity index is 2.60. The maximum Gasteiger partial charge on any atom is 0.131 e. The quantitative estimate of drug-likeness (QED) is 0.612. The van der Waals surface area contributed by atoms with Gasteiger partial charge in [0.05, 0.1) is 5.76 Å². The van der Waals surface area contributed by atoms with Crippen LogP contribution in [-0.4, -0.2) is 0 Å². The maximum atomic E-state index is 13.1. The molecule has 0 fully saturated rings. The molecule has 2 rings (SSSR count). The van der Waals surface area contributed by atoms with Crippen LogP contribution in [0.15, 0.2) is 30.0 Å². The zero-order chi connectivity index (χ0) is 10.3. The minimum Gasteiger partial charge on any atom is -0.462 e. The fourth-order valence-electron chi connectivity index (χ4n) is 1.88. The summed E-state index contributed by atoms with van der Waals surface area (Å²) in [5, 5.41) is 0. The van der Waals surface area contributed by atoms with Crippen LogP contribution >= 0.6 is 0 Å². The highest BCUT2D eigenvalue weighted by Crippen LogP contribution is 2.38. The maximum absolute atomic E-state index is 13.1. The Morgan fingerprint density at radius 1 is 1.29 bits per heavy atom. The van der Waals surface area contributed by atoms with Crippen molar-refractivity contribution in [1.29, 1.82) is 0 Å². The molecule has 74 valence electrons. The van der Waals surface area contributed by atoms with Gasteiger partial charge in [-0.05, 0) is 31.2 Å². The van der Waals surface area contributed by atoms with Crippen LogP contribution in [0.2, 0.25) is 0 Å². The van der Waals surface area contributed by atoms with Crippen molar-refractivity contribution < 1.29 is 9.13 Å². The summed E-state index contributed by atoms with van der Waals surface area (Å²) in [6, 6.07) is 4.65. The zero-order valence-electron chi connectivity index (χ0n) is 8.60. The highest BCUT2D eigenvalue weighted by Gasteiger charge is 2.27. The van der Waals surface area contributed by atoms with Crippen LogP contribution in [0.5, 0.6) is 5.75 Å². The molecule has 1 aromatic carbocycles. The number of allylic oxidation sites excluding steroid dienone is 2. The first-order chi connectivity index (χ1) is 6.49. The van der Waals surface area contributed by atoms with E-state index in [0.29, 0.717) is 0 Å². The minimum atomic E-state index is -0.214. The summed E-state index contributed by atoms with van der Waals surface area (Å²) in [6.07, 6.45) is 2.01. The molecule has 1 aromatic rings. The number of rotatable bonds is 0. The van der Waals surface area contributed by atoms with Gasteiger partial charge in [-0.25, -0.2) is 4.39 Å². The van der Waals surface area contributed by atoms with E-state index in [1.807, 2.05) is 13.0 Å². The van der Waals surface area contributed by atoms with E-state index in [4.69, 9.17) is 4.74 Å². The van der Waals surface area contributed by atoms with E-state index < -0.39 is 0 Å². The van der Waals surface area contributed by atoms with Gasteiger partial charge < -0.3 is 4.74 Å². The predicted molar refractivity (Wildman–Crippen MR) is 53.8 cm³/mol. The van der Waals surface area contributed by atoms with Gasteiger partial charge in [-0.15, -0.1) is 0 Å². The molecule has 0 saturated carbocycles. The van der Waals surface area contributed by atoms with Gasteiger partial charge >= 0.3 is 0 Å². The molecule has 0 radical (unpaired) electrons. The van der Waals surface area contributed by atoms with E-state index in [9.17, 15) is 4.39 Å². The van der Waals surface area contributed by atoms with Gasteiger partial charge in [0.25, 0.3) is 0 Å². The number of fused-ring (bicyclic) bond motifs is 1. The molecule has 1 aliphatic rings. The molecule has 0 aliphatic carbocycles. The van der Waals surface area contributed by atoms with Gasteiger partial charge in [-0.1, -0.05) is 13.8 Å². The van der Waals surface area contributed by atoms with Gasteiger partial charge in [0.2, 0.25) is 0 Å². The second-order valence-corrected chi connectivity index (χ2v) is 4.22. The fourth-order valence-corrected chi connectivity index (χ4v) is 1.88. The summed E-state index contributed by atoms with van der Waals surface area (Å²) in [5.41, 5.74) is 0.753. The first-order valence-electron chi connectivity index (χ1n) is 4.66. The molecule has 0 aromatic heterocycles. The number of hydrogen-bond donors (Lipinski definition) is 0. The molecule has 0 saturated heterocycles. The van der Waals surface area contributed by atoms with Crippen molar-refractivity contribution in [2.75, 3.05) is 0 Å². The summed E-state index contributed by atoms with van der Waals surface area (Å²) in [5.74, 6) is 1.42. The number of ether oxygens (including phenoxy) is 1. The molecule has 0 N–H and O–H groups in total. The molecular formula is C12H13FO. The number of hydrogen-bond acceptors (Lipinski definition) is 1. The molecule has 0 atom stereocenters. The summed E-state index contributed by atoms with van der Waals surface area (Å²) in [6.45, 7) is 6.02. The summed E-state index contributed by atoms with van der Waals surface area (Å²) in [7, 11) is 0. The van der Waals surface area contributed by atoms with Crippen LogP contribution in [0.3, 0.4) is 0 Å². The van der Waals surface area contributed by atoms with Crippen molar-refractivity contribution in [3.05, 3.63) is 41.4 Å². The topological polar surface area (TPSA) is 9.23 Å². The van der Waals surface area contributed by atoms with Gasteiger partial charge in [-0.2, -0.15) is 0 Å². The summed E-state index contributed by atoms with van der Waals surface area (Å²) in [4.78, 5) is 0. The second-order valence-electron chi connectivity index (χ2n) is 4.22. The number of halogens is 1. The molecular weight excluding hydrogens is 179 g/mol. The Labute approximate surface area is 83.2 Å². The molecule has 0 unspecified atom stereocenters. The molecule has 1 aliphatic heterocycles. The van der Waals surface area contributed by atoms with E-state index in [2.05, 4.69) is 13.8 Å². The van der Waals surface area contributed by atoms with E-state index in [-0.39, 0.29) is 11.2 Å². The van der Waals surface area contributed by atoms with Crippen molar-refractivity contribution >= 4 is 0 Å². The van der Waals surface area contributed by atoms with Crippen molar-refractivity contribution in [3.63, 3.8) is 0 Å². The van der Waals surface area contributed by atoms with Crippen LogP contribution in [0.1, 0.15) is 26.3 Å². The lowest BCUT2D eigenvalue weighted by Gasteiger charge is -2.29. The van der Waals surface area contributed by atoms with Crippen molar-refractivity contribution in [1.82, 2.24) is 0 Å². The molecule has 0 amide bonds. The monoisotopic (exact) mass is 192 g/mol. The van der Waals surface area contributed by atoms with Crippen LogP contribution in [-0.2, 0) is 5.41 Å². The van der Waals surface area contributed by atoms with E-state index in [0.717, 1.165) is 17.1 Å². The van der Waals surface area contributed by atoms with Gasteiger partial charge in [0.1, 0.15) is 11.6 Å². The molecule has 1 heterocycles. The number of benzene rings is 1. The van der Waals surface area contributed by atoms with Crippen molar-refractivity contribution in [2.45, 2.75) is 26.2 Å². The van der Waals surface area contributed by atoms with E-state index in [1.54, 1.807) is 6.07 Å². The van der Waals surface area contributed by atoms with Crippen LogP contribution in [0.4, 0.5) is 4.39 Å². The largest absolute Gasteiger partial charge is 0.462 e. The fraction of sp³-hybridized carbons (Fsp3) is 0.333. The third-order valence-corrected chi connectivity index (χ3v) is 2.47. The van der Waals surface area contributed by atoms with E-state index in [1.165, 1.54) is 12.1 Å². The lowest BCUT2D eigenvalue weighted by Crippen LogP contribution is -2.21. The average Bonchev–Trinajstić information content (AvgIpc) is 2.05.